The number of aryl methyl sites for hydroxylation is 1. The van der Waals surface area contributed by atoms with Crippen LogP contribution in [0, 0.1) is 6.92 Å². The Balaban J connectivity index is 1.52. The number of carbonyl (C=O) groups excluding carboxylic acids is 1. The molecule has 0 aliphatic carbocycles. The number of rotatable bonds is 7. The maximum absolute atomic E-state index is 12.5. The number of amides is 1. The number of aliphatic hydroxyl groups is 1. The van der Waals surface area contributed by atoms with Crippen molar-refractivity contribution in [3.63, 3.8) is 0 Å². The number of aliphatic hydroxyl groups excluding tert-OH is 1. The first-order chi connectivity index (χ1) is 15.4. The number of ether oxygens (including phenoxy) is 1. The third kappa shape index (κ3) is 4.68. The van der Waals surface area contributed by atoms with Crippen LogP contribution in [-0.2, 0) is 26.1 Å². The SMILES string of the molecule is Cc1ncsc1CN1C(=O)CO[C@H](c2ccc(NS(=O)(=O)c3ccccc3)cc2)[C@H]1CO. The molecule has 0 saturated carbocycles. The predicted molar refractivity (Wildman–Crippen MR) is 121 cm³/mol. The van der Waals surface area contributed by atoms with Crippen molar-refractivity contribution in [2.24, 2.45) is 0 Å². The molecular weight excluding hydrogens is 450 g/mol. The van der Waals surface area contributed by atoms with Gasteiger partial charge < -0.3 is 14.7 Å². The zero-order valence-electron chi connectivity index (χ0n) is 17.3. The molecule has 10 heteroatoms. The van der Waals surface area contributed by atoms with Gasteiger partial charge in [0.25, 0.3) is 10.0 Å². The molecule has 1 fully saturated rings. The minimum atomic E-state index is -3.69. The van der Waals surface area contributed by atoms with Gasteiger partial charge in [-0.15, -0.1) is 11.3 Å². The summed E-state index contributed by atoms with van der Waals surface area (Å²) in [4.78, 5) is 19.5. The van der Waals surface area contributed by atoms with Crippen molar-refractivity contribution in [2.75, 3.05) is 17.9 Å². The average molecular weight is 474 g/mol. The molecular formula is C22H23N3O5S2. The lowest BCUT2D eigenvalue weighted by molar-refractivity contribution is -0.161. The highest BCUT2D eigenvalue weighted by Gasteiger charge is 2.37. The van der Waals surface area contributed by atoms with Crippen molar-refractivity contribution < 1.29 is 23.1 Å². The van der Waals surface area contributed by atoms with Gasteiger partial charge in [-0.25, -0.2) is 13.4 Å². The lowest BCUT2D eigenvalue weighted by atomic mass is 9.99. The summed E-state index contributed by atoms with van der Waals surface area (Å²) in [6, 6.07) is 14.3. The maximum atomic E-state index is 12.5. The molecule has 2 heterocycles. The van der Waals surface area contributed by atoms with E-state index < -0.39 is 22.2 Å². The lowest BCUT2D eigenvalue weighted by Gasteiger charge is -2.40. The van der Waals surface area contributed by atoms with Gasteiger partial charge in [-0.2, -0.15) is 0 Å². The molecule has 2 aromatic carbocycles. The monoisotopic (exact) mass is 473 g/mol. The fraction of sp³-hybridized carbons (Fsp3) is 0.273. The first-order valence-corrected chi connectivity index (χ1v) is 12.3. The Morgan fingerprint density at radius 1 is 1.19 bits per heavy atom. The van der Waals surface area contributed by atoms with Gasteiger partial charge in [0, 0.05) is 10.6 Å². The molecule has 0 radical (unpaired) electrons. The number of hydrogen-bond acceptors (Lipinski definition) is 7. The first kappa shape index (κ1) is 22.4. The number of carbonyl (C=O) groups is 1. The lowest BCUT2D eigenvalue weighted by Crippen LogP contribution is -2.52. The van der Waals surface area contributed by atoms with Crippen LogP contribution >= 0.6 is 11.3 Å². The Bertz CT molecular complexity index is 1180. The topological polar surface area (TPSA) is 109 Å². The number of benzene rings is 2. The highest BCUT2D eigenvalue weighted by atomic mass is 32.2. The fourth-order valence-electron chi connectivity index (χ4n) is 3.61. The molecule has 2 N–H and O–H groups in total. The molecule has 168 valence electrons. The van der Waals surface area contributed by atoms with Crippen LogP contribution in [0.1, 0.15) is 22.2 Å². The van der Waals surface area contributed by atoms with E-state index in [1.165, 1.54) is 23.5 Å². The van der Waals surface area contributed by atoms with Gasteiger partial charge in [0.05, 0.1) is 35.3 Å². The third-order valence-corrected chi connectivity index (χ3v) is 7.66. The van der Waals surface area contributed by atoms with Crippen molar-refractivity contribution in [3.8, 4) is 0 Å². The van der Waals surface area contributed by atoms with Gasteiger partial charge in [-0.05, 0) is 36.8 Å². The number of nitrogens with one attached hydrogen (secondary N) is 1. The predicted octanol–water partition coefficient (Wildman–Crippen LogP) is 2.71. The van der Waals surface area contributed by atoms with E-state index in [1.807, 2.05) is 6.92 Å². The number of hydrogen-bond donors (Lipinski definition) is 2. The molecule has 2 atom stereocenters. The van der Waals surface area contributed by atoms with Crippen molar-refractivity contribution in [1.29, 1.82) is 0 Å². The summed E-state index contributed by atoms with van der Waals surface area (Å²) in [5.74, 6) is -0.194. The van der Waals surface area contributed by atoms with Gasteiger partial charge in [0.2, 0.25) is 5.91 Å². The molecule has 1 aliphatic rings. The smallest absolute Gasteiger partial charge is 0.261 e. The van der Waals surface area contributed by atoms with E-state index in [-0.39, 0.29) is 24.0 Å². The Kier molecular flexibility index (Phi) is 6.56. The van der Waals surface area contributed by atoms with E-state index in [0.29, 0.717) is 12.2 Å². The van der Waals surface area contributed by atoms with Gasteiger partial charge in [-0.1, -0.05) is 30.3 Å². The Morgan fingerprint density at radius 3 is 2.53 bits per heavy atom. The molecule has 1 aromatic heterocycles. The molecule has 0 spiro atoms. The molecule has 4 rings (SSSR count). The highest BCUT2D eigenvalue weighted by molar-refractivity contribution is 7.92. The second-order valence-corrected chi connectivity index (χ2v) is 10.0. The number of morpholine rings is 1. The zero-order valence-corrected chi connectivity index (χ0v) is 19.0. The number of nitrogens with zero attached hydrogens (tertiary/aromatic N) is 2. The van der Waals surface area contributed by atoms with E-state index in [1.54, 1.807) is 52.9 Å². The van der Waals surface area contributed by atoms with Gasteiger partial charge in [0.1, 0.15) is 12.7 Å². The molecule has 3 aromatic rings. The third-order valence-electron chi connectivity index (χ3n) is 5.35. The Hall–Kier alpha value is -2.79. The quantitative estimate of drug-likeness (QED) is 0.546. The van der Waals surface area contributed by atoms with Crippen LogP contribution in [0.3, 0.4) is 0 Å². The molecule has 0 bridgehead atoms. The summed E-state index contributed by atoms with van der Waals surface area (Å²) in [7, 11) is -3.69. The summed E-state index contributed by atoms with van der Waals surface area (Å²) in [6.45, 7) is 1.88. The minimum Gasteiger partial charge on any atom is -0.394 e. The average Bonchev–Trinajstić information content (AvgIpc) is 3.20. The van der Waals surface area contributed by atoms with E-state index >= 15 is 0 Å². The van der Waals surface area contributed by atoms with Crippen LogP contribution < -0.4 is 4.72 Å². The standard InChI is InChI=1S/C22H23N3O5S2/c1-15-20(31-14-23-15)11-25-19(12-26)22(30-13-21(25)27)16-7-9-17(10-8-16)24-32(28,29)18-5-3-2-4-6-18/h2-10,14,19,22,24,26H,11-13H2,1H3/t19-,22-/m1/s1. The van der Waals surface area contributed by atoms with Crippen molar-refractivity contribution in [3.05, 3.63) is 76.2 Å². The first-order valence-electron chi connectivity index (χ1n) is 9.98. The highest BCUT2D eigenvalue weighted by Crippen LogP contribution is 2.32. The van der Waals surface area contributed by atoms with Crippen LogP contribution in [0.4, 0.5) is 5.69 Å². The molecule has 32 heavy (non-hydrogen) atoms. The van der Waals surface area contributed by atoms with E-state index in [9.17, 15) is 18.3 Å². The van der Waals surface area contributed by atoms with Crippen LogP contribution in [0.25, 0.3) is 0 Å². The number of thiazole rings is 1. The minimum absolute atomic E-state index is 0.0958. The molecule has 8 nitrogen and oxygen atoms in total. The number of sulfonamides is 1. The van der Waals surface area contributed by atoms with Crippen LogP contribution in [-0.4, -0.2) is 48.6 Å². The summed E-state index contributed by atoms with van der Waals surface area (Å²) < 4.78 is 33.4. The Labute approximate surface area is 190 Å². The number of aromatic nitrogens is 1. The Morgan fingerprint density at radius 2 is 1.91 bits per heavy atom. The van der Waals surface area contributed by atoms with Crippen LogP contribution in [0.5, 0.6) is 0 Å². The molecule has 1 amide bonds. The van der Waals surface area contributed by atoms with E-state index in [2.05, 4.69) is 9.71 Å². The van der Waals surface area contributed by atoms with Crippen LogP contribution in [0.2, 0.25) is 0 Å². The molecule has 0 unspecified atom stereocenters. The molecule has 1 aliphatic heterocycles. The van der Waals surface area contributed by atoms with Gasteiger partial charge in [0.15, 0.2) is 0 Å². The van der Waals surface area contributed by atoms with Crippen molar-refractivity contribution in [1.82, 2.24) is 9.88 Å². The fourth-order valence-corrected chi connectivity index (χ4v) is 5.46. The molecule has 1 saturated heterocycles. The summed E-state index contributed by atoms with van der Waals surface area (Å²) in [6.07, 6.45) is -0.536. The number of anilines is 1. The van der Waals surface area contributed by atoms with Crippen molar-refractivity contribution >= 4 is 33.0 Å². The normalized spacial score (nSPS) is 19.2. The second kappa shape index (κ2) is 9.37. The largest absolute Gasteiger partial charge is 0.394 e. The zero-order chi connectivity index (χ0) is 22.7. The second-order valence-electron chi connectivity index (χ2n) is 7.40. The summed E-state index contributed by atoms with van der Waals surface area (Å²) >= 11 is 1.47. The summed E-state index contributed by atoms with van der Waals surface area (Å²) in [5.41, 5.74) is 3.74. The van der Waals surface area contributed by atoms with Gasteiger partial charge in [-0.3, -0.25) is 9.52 Å². The van der Waals surface area contributed by atoms with E-state index in [4.69, 9.17) is 4.74 Å². The van der Waals surface area contributed by atoms with Gasteiger partial charge >= 0.3 is 0 Å². The van der Waals surface area contributed by atoms with Crippen LogP contribution in [0.15, 0.2) is 65.0 Å². The maximum Gasteiger partial charge on any atom is 0.261 e. The van der Waals surface area contributed by atoms with Crippen molar-refractivity contribution in [2.45, 2.75) is 30.5 Å². The summed E-state index contributed by atoms with van der Waals surface area (Å²) in [5, 5.41) is 10.1. The van der Waals surface area contributed by atoms with E-state index in [0.717, 1.165) is 16.1 Å².